The van der Waals surface area contributed by atoms with E-state index in [0.717, 1.165) is 47.2 Å². The summed E-state index contributed by atoms with van der Waals surface area (Å²) < 4.78 is 78.4. The molecule has 0 radical (unpaired) electrons. The number of nitrogens with zero attached hydrogens (tertiary/aromatic N) is 7. The van der Waals surface area contributed by atoms with Gasteiger partial charge in [-0.25, -0.2) is 13.6 Å². The fraction of sp³-hybridized carbons (Fsp3) is 0.533. The van der Waals surface area contributed by atoms with Gasteiger partial charge < -0.3 is 9.30 Å². The molecule has 1 aliphatic heterocycles. The van der Waals surface area contributed by atoms with Crippen LogP contribution >= 0.6 is 0 Å². The van der Waals surface area contributed by atoms with Gasteiger partial charge in [0, 0.05) is 38.6 Å². The first-order valence-corrected chi connectivity index (χ1v) is 14.7. The summed E-state index contributed by atoms with van der Waals surface area (Å²) in [4.78, 5) is 20.2. The summed E-state index contributed by atoms with van der Waals surface area (Å²) in [5.41, 5.74) is -1.75. The molecule has 4 aromatic rings. The number of aryl methyl sites for hydroxylation is 1. The van der Waals surface area contributed by atoms with Gasteiger partial charge in [-0.2, -0.15) is 18.2 Å². The Bertz CT molecular complexity index is 1720. The molecule has 14 heteroatoms. The van der Waals surface area contributed by atoms with Crippen molar-refractivity contribution in [2.45, 2.75) is 64.1 Å². The van der Waals surface area contributed by atoms with Crippen LogP contribution in [0.4, 0.5) is 22.0 Å². The molecule has 236 valence electrons. The molecule has 1 saturated carbocycles. The van der Waals surface area contributed by atoms with Crippen molar-refractivity contribution in [1.82, 2.24) is 33.6 Å². The molecule has 1 aliphatic carbocycles. The number of ether oxygens (including phenoxy) is 1. The number of imidazole rings is 1. The Hall–Kier alpha value is -3.81. The van der Waals surface area contributed by atoms with Gasteiger partial charge >= 0.3 is 11.9 Å². The van der Waals surface area contributed by atoms with Crippen LogP contribution in [0.3, 0.4) is 0 Å². The Morgan fingerprint density at radius 3 is 2.52 bits per heavy atom. The van der Waals surface area contributed by atoms with Crippen LogP contribution in [-0.2, 0) is 25.2 Å². The number of fused-ring (bicyclic) bond motifs is 1. The topological polar surface area (TPSA) is 82.5 Å². The molecular weight excluding hydrogens is 585 g/mol. The van der Waals surface area contributed by atoms with Crippen molar-refractivity contribution < 1.29 is 26.7 Å². The third-order valence-corrected chi connectivity index (χ3v) is 8.75. The molecule has 44 heavy (non-hydrogen) atoms. The molecule has 0 unspecified atom stereocenters. The maximum atomic E-state index is 14.4. The molecule has 2 fully saturated rings. The quantitative estimate of drug-likeness (QED) is 0.252. The number of piperidine rings is 1. The molecule has 2 aliphatic rings. The maximum Gasteiger partial charge on any atom is 0.418 e. The average Bonchev–Trinajstić information content (AvgIpc) is 3.52. The summed E-state index contributed by atoms with van der Waals surface area (Å²) in [6.07, 6.45) is -0.0859. The van der Waals surface area contributed by atoms with Gasteiger partial charge in [0.05, 0.1) is 16.5 Å². The molecule has 6 rings (SSSR count). The fourth-order valence-electron chi connectivity index (χ4n) is 6.92. The van der Waals surface area contributed by atoms with Crippen molar-refractivity contribution in [3.05, 3.63) is 69.9 Å². The largest absolute Gasteiger partial charge is 0.472 e. The van der Waals surface area contributed by atoms with Gasteiger partial charge in [0.25, 0.3) is 6.43 Å². The van der Waals surface area contributed by atoms with E-state index in [1.165, 1.54) is 12.3 Å². The first-order valence-electron chi connectivity index (χ1n) is 14.7. The Morgan fingerprint density at radius 2 is 1.89 bits per heavy atom. The third-order valence-electron chi connectivity index (χ3n) is 8.75. The lowest BCUT2D eigenvalue weighted by Crippen LogP contribution is -2.43. The van der Waals surface area contributed by atoms with Crippen LogP contribution < -0.4 is 10.4 Å². The molecule has 1 saturated heterocycles. The van der Waals surface area contributed by atoms with E-state index in [4.69, 9.17) is 4.74 Å². The lowest BCUT2D eigenvalue weighted by atomic mass is 9.58. The number of hydrogen-bond donors (Lipinski definition) is 0. The highest BCUT2D eigenvalue weighted by atomic mass is 19.4. The van der Waals surface area contributed by atoms with Crippen LogP contribution in [0, 0.1) is 11.8 Å². The minimum absolute atomic E-state index is 0.0407. The second kappa shape index (κ2) is 11.3. The maximum absolute atomic E-state index is 14.4. The second-order valence-electron chi connectivity index (χ2n) is 12.4. The number of pyridine rings is 2. The van der Waals surface area contributed by atoms with Gasteiger partial charge in [-0.05, 0) is 67.3 Å². The van der Waals surface area contributed by atoms with E-state index in [1.54, 1.807) is 24.0 Å². The van der Waals surface area contributed by atoms with E-state index in [9.17, 15) is 26.7 Å². The number of hydrogen-bond acceptors (Lipinski definition) is 6. The van der Waals surface area contributed by atoms with E-state index < -0.39 is 35.9 Å². The summed E-state index contributed by atoms with van der Waals surface area (Å²) in [5.74, 6) is 1.17. The zero-order chi connectivity index (χ0) is 31.4. The predicted octanol–water partition coefficient (Wildman–Crippen LogP) is 5.22. The zero-order valence-electron chi connectivity index (χ0n) is 24.7. The molecule has 1 atom stereocenters. The fourth-order valence-corrected chi connectivity index (χ4v) is 6.92. The predicted molar refractivity (Wildman–Crippen MR) is 151 cm³/mol. The van der Waals surface area contributed by atoms with E-state index in [2.05, 4.69) is 33.9 Å². The van der Waals surface area contributed by atoms with E-state index >= 15 is 0 Å². The van der Waals surface area contributed by atoms with E-state index in [1.807, 2.05) is 0 Å². The number of aromatic nitrogens is 6. The van der Waals surface area contributed by atoms with Crippen LogP contribution in [0.5, 0.6) is 5.88 Å². The third kappa shape index (κ3) is 5.59. The van der Waals surface area contributed by atoms with Crippen LogP contribution in [0.1, 0.15) is 62.0 Å². The minimum Gasteiger partial charge on any atom is -0.472 e. The lowest BCUT2D eigenvalue weighted by molar-refractivity contribution is -0.136. The molecule has 0 N–H and O–H groups in total. The van der Waals surface area contributed by atoms with Gasteiger partial charge in [0.2, 0.25) is 5.88 Å². The molecule has 0 spiro atoms. The van der Waals surface area contributed by atoms with Crippen molar-refractivity contribution in [3.63, 3.8) is 0 Å². The standard InChI is InChI=1S/C30H34F5N7O2/c1-18-5-4-6-40(12-18)13-20-7-22(30(33,34)35)23-15-42(28(43)41(23)14-20)25-8-21(9-26(37-25)44-16-24(31)32)29(10-19(2)11-29)27-38-36-17-39(27)3/h7-9,14-15,17-19,24H,4-6,10-13,16H2,1-3H3/t18-,19?,29?/m0/s1. The summed E-state index contributed by atoms with van der Waals surface area (Å²) in [5, 5.41) is 8.32. The lowest BCUT2D eigenvalue weighted by Gasteiger charge is -2.46. The smallest absolute Gasteiger partial charge is 0.418 e. The van der Waals surface area contributed by atoms with Crippen molar-refractivity contribution in [3.8, 4) is 11.7 Å². The number of halogens is 5. The van der Waals surface area contributed by atoms with Gasteiger partial charge in [-0.1, -0.05) is 13.8 Å². The van der Waals surface area contributed by atoms with Crippen LogP contribution in [0.15, 0.2) is 41.7 Å². The highest BCUT2D eigenvalue weighted by molar-refractivity contribution is 5.58. The van der Waals surface area contributed by atoms with Crippen molar-refractivity contribution in [2.75, 3.05) is 19.7 Å². The van der Waals surface area contributed by atoms with E-state index in [-0.39, 0.29) is 23.8 Å². The summed E-state index contributed by atoms with van der Waals surface area (Å²) in [7, 11) is 1.79. The summed E-state index contributed by atoms with van der Waals surface area (Å²) in [6.45, 7) is 5.05. The normalized spacial score (nSPS) is 22.9. The van der Waals surface area contributed by atoms with Gasteiger partial charge in [-0.15, -0.1) is 10.2 Å². The monoisotopic (exact) mass is 619 g/mol. The SMILES string of the molecule is CC1CC(c2cc(OCC(F)F)nc(-n3cc4c(C(F)(F)F)cc(CN5CCC[C@H](C)C5)cn4c3=O)c2)(c2nncn2C)C1. The molecular formula is C30H34F5N7O2. The number of alkyl halides is 5. The minimum atomic E-state index is -4.73. The Balaban J connectivity index is 1.49. The molecule has 0 amide bonds. The first-order chi connectivity index (χ1) is 20.8. The average molecular weight is 620 g/mol. The molecule has 5 heterocycles. The van der Waals surface area contributed by atoms with Gasteiger partial charge in [-0.3, -0.25) is 13.9 Å². The highest BCUT2D eigenvalue weighted by Gasteiger charge is 2.48. The zero-order valence-corrected chi connectivity index (χ0v) is 24.7. The van der Waals surface area contributed by atoms with Crippen molar-refractivity contribution >= 4 is 5.52 Å². The molecule has 9 nitrogen and oxygen atoms in total. The molecule has 0 aromatic carbocycles. The van der Waals surface area contributed by atoms with Crippen molar-refractivity contribution in [2.24, 2.45) is 18.9 Å². The molecule has 0 bridgehead atoms. The Labute approximate surface area is 250 Å². The van der Waals surface area contributed by atoms with Crippen LogP contribution in [-0.4, -0.2) is 59.7 Å². The van der Waals surface area contributed by atoms with Crippen molar-refractivity contribution in [1.29, 1.82) is 0 Å². The van der Waals surface area contributed by atoms with Crippen LogP contribution in [0.2, 0.25) is 0 Å². The first kappa shape index (κ1) is 30.2. The highest BCUT2D eigenvalue weighted by Crippen LogP contribution is 2.52. The number of rotatable bonds is 8. The van der Waals surface area contributed by atoms with Crippen LogP contribution in [0.25, 0.3) is 11.3 Å². The Kier molecular flexibility index (Phi) is 7.75. The summed E-state index contributed by atoms with van der Waals surface area (Å²) in [6, 6.07) is 4.23. The van der Waals surface area contributed by atoms with E-state index in [0.29, 0.717) is 41.6 Å². The number of likely N-dealkylation sites (tertiary alicyclic amines) is 1. The Morgan fingerprint density at radius 1 is 1.11 bits per heavy atom. The van der Waals surface area contributed by atoms with Gasteiger partial charge in [0.1, 0.15) is 18.0 Å². The summed E-state index contributed by atoms with van der Waals surface area (Å²) >= 11 is 0. The van der Waals surface area contributed by atoms with Gasteiger partial charge in [0.15, 0.2) is 6.61 Å². The second-order valence-corrected chi connectivity index (χ2v) is 12.4. The molecule has 4 aromatic heterocycles.